The van der Waals surface area contributed by atoms with Crippen molar-refractivity contribution in [2.75, 3.05) is 0 Å². The van der Waals surface area contributed by atoms with Gasteiger partial charge in [0.25, 0.3) is 0 Å². The summed E-state index contributed by atoms with van der Waals surface area (Å²) in [6.07, 6.45) is 1.56. The van der Waals surface area contributed by atoms with Gasteiger partial charge in [-0.25, -0.2) is 0 Å². The molecule has 0 aromatic rings. The standard InChI is InChI=1S/C14H24N2/c1-11(2)7-13(5,9-15)14(6,10-16)8-12(3)4/h11-12H,7-8H2,1-6H3. The molecule has 0 aromatic heterocycles. The number of nitriles is 2. The number of rotatable bonds is 5. The van der Waals surface area contributed by atoms with E-state index in [0.717, 1.165) is 12.8 Å². The first-order valence-electron chi connectivity index (χ1n) is 6.03. The summed E-state index contributed by atoms with van der Waals surface area (Å²) in [4.78, 5) is 0. The molecule has 0 aliphatic heterocycles. The molecule has 0 spiro atoms. The van der Waals surface area contributed by atoms with E-state index in [-0.39, 0.29) is 0 Å². The van der Waals surface area contributed by atoms with Gasteiger partial charge in [0.1, 0.15) is 0 Å². The summed E-state index contributed by atoms with van der Waals surface area (Å²) in [6, 6.07) is 4.77. The molecule has 2 unspecified atom stereocenters. The van der Waals surface area contributed by atoms with Crippen molar-refractivity contribution >= 4 is 0 Å². The zero-order valence-electron chi connectivity index (χ0n) is 11.5. The normalized spacial score (nSPS) is 18.6. The lowest BCUT2D eigenvalue weighted by Crippen LogP contribution is -2.37. The Hall–Kier alpha value is -1.02. The van der Waals surface area contributed by atoms with Crippen LogP contribution in [0.25, 0.3) is 0 Å². The number of nitrogens with zero attached hydrogens (tertiary/aromatic N) is 2. The monoisotopic (exact) mass is 220 g/mol. The summed E-state index contributed by atoms with van der Waals surface area (Å²) in [6.45, 7) is 12.3. The highest BCUT2D eigenvalue weighted by Crippen LogP contribution is 2.46. The minimum atomic E-state index is -0.555. The fraction of sp³-hybridized carbons (Fsp3) is 0.857. The second-order valence-corrected chi connectivity index (χ2v) is 6.08. The van der Waals surface area contributed by atoms with Crippen LogP contribution in [0.15, 0.2) is 0 Å². The molecule has 0 saturated heterocycles. The summed E-state index contributed by atoms with van der Waals surface area (Å²) in [7, 11) is 0. The van der Waals surface area contributed by atoms with Gasteiger partial charge >= 0.3 is 0 Å². The van der Waals surface area contributed by atoms with Gasteiger partial charge in [0.15, 0.2) is 0 Å². The average molecular weight is 220 g/mol. The van der Waals surface area contributed by atoms with E-state index in [1.54, 1.807) is 0 Å². The molecule has 0 aliphatic rings. The van der Waals surface area contributed by atoms with Gasteiger partial charge in [0.05, 0.1) is 23.0 Å². The first kappa shape index (κ1) is 15.0. The van der Waals surface area contributed by atoms with Crippen LogP contribution >= 0.6 is 0 Å². The number of hydrogen-bond donors (Lipinski definition) is 0. The van der Waals surface area contributed by atoms with Crippen LogP contribution in [0.4, 0.5) is 0 Å². The van der Waals surface area contributed by atoms with Crippen molar-refractivity contribution in [3.8, 4) is 12.1 Å². The van der Waals surface area contributed by atoms with E-state index < -0.39 is 10.8 Å². The molecule has 2 atom stereocenters. The van der Waals surface area contributed by atoms with Gasteiger partial charge in [0.2, 0.25) is 0 Å². The zero-order valence-corrected chi connectivity index (χ0v) is 11.5. The molecule has 2 heteroatoms. The van der Waals surface area contributed by atoms with Crippen LogP contribution in [0.3, 0.4) is 0 Å². The van der Waals surface area contributed by atoms with Crippen LogP contribution in [-0.4, -0.2) is 0 Å². The van der Waals surface area contributed by atoms with Crippen LogP contribution in [0.1, 0.15) is 54.4 Å². The summed E-state index contributed by atoms with van der Waals surface area (Å²) in [5, 5.41) is 18.8. The summed E-state index contributed by atoms with van der Waals surface area (Å²) in [5.41, 5.74) is -1.11. The van der Waals surface area contributed by atoms with E-state index >= 15 is 0 Å². The minimum Gasteiger partial charge on any atom is -0.198 e. The first-order valence-corrected chi connectivity index (χ1v) is 6.03. The highest BCUT2D eigenvalue weighted by Gasteiger charge is 2.45. The van der Waals surface area contributed by atoms with E-state index in [1.807, 2.05) is 13.8 Å². The Morgan fingerprint density at radius 3 is 1.19 bits per heavy atom. The minimum absolute atomic E-state index is 0.435. The van der Waals surface area contributed by atoms with Crippen molar-refractivity contribution in [3.05, 3.63) is 0 Å². The maximum Gasteiger partial charge on any atom is 0.0731 e. The van der Waals surface area contributed by atoms with E-state index in [4.69, 9.17) is 0 Å². The molecule has 0 aromatic carbocycles. The molecule has 0 amide bonds. The second kappa shape index (κ2) is 5.35. The van der Waals surface area contributed by atoms with Gasteiger partial charge in [-0.15, -0.1) is 0 Å². The van der Waals surface area contributed by atoms with Gasteiger partial charge in [-0.3, -0.25) is 0 Å². The molecule has 0 radical (unpaired) electrons. The molecular weight excluding hydrogens is 196 g/mol. The summed E-state index contributed by atoms with van der Waals surface area (Å²) >= 11 is 0. The lowest BCUT2D eigenvalue weighted by Gasteiger charge is -2.38. The number of hydrogen-bond acceptors (Lipinski definition) is 2. The summed E-state index contributed by atoms with van der Waals surface area (Å²) in [5.74, 6) is 0.869. The van der Waals surface area contributed by atoms with E-state index in [2.05, 4.69) is 39.8 Å². The van der Waals surface area contributed by atoms with Gasteiger partial charge in [-0.05, 0) is 38.5 Å². The Balaban J connectivity index is 5.18. The average Bonchev–Trinajstić information content (AvgIpc) is 2.15. The van der Waals surface area contributed by atoms with Crippen LogP contribution in [0, 0.1) is 45.3 Å². The largest absolute Gasteiger partial charge is 0.198 e. The second-order valence-electron chi connectivity index (χ2n) is 6.08. The van der Waals surface area contributed by atoms with Gasteiger partial charge in [-0.2, -0.15) is 10.5 Å². The van der Waals surface area contributed by atoms with Crippen LogP contribution < -0.4 is 0 Å². The lowest BCUT2D eigenvalue weighted by atomic mass is 9.60. The van der Waals surface area contributed by atoms with Crippen molar-refractivity contribution in [1.29, 1.82) is 10.5 Å². The SMILES string of the molecule is CC(C)CC(C)(C#N)C(C)(C#N)CC(C)C. The highest BCUT2D eigenvalue weighted by atomic mass is 14.5. The van der Waals surface area contributed by atoms with Crippen LogP contribution in [-0.2, 0) is 0 Å². The molecular formula is C14H24N2. The van der Waals surface area contributed by atoms with Gasteiger partial charge < -0.3 is 0 Å². The Labute approximate surface area is 100 Å². The van der Waals surface area contributed by atoms with Crippen molar-refractivity contribution < 1.29 is 0 Å². The lowest BCUT2D eigenvalue weighted by molar-refractivity contribution is 0.135. The van der Waals surface area contributed by atoms with Gasteiger partial charge in [-0.1, -0.05) is 27.7 Å². The molecule has 0 aliphatic carbocycles. The predicted octanol–water partition coefficient (Wildman–Crippen LogP) is 4.14. The Bertz CT molecular complexity index is 274. The Kier molecular flexibility index (Phi) is 5.01. The molecule has 0 N–H and O–H groups in total. The molecule has 0 rings (SSSR count). The quantitative estimate of drug-likeness (QED) is 0.699. The fourth-order valence-corrected chi connectivity index (χ4v) is 2.42. The molecule has 0 bridgehead atoms. The Morgan fingerprint density at radius 2 is 1.06 bits per heavy atom. The maximum atomic E-state index is 9.41. The molecule has 0 fully saturated rings. The smallest absolute Gasteiger partial charge is 0.0731 e. The van der Waals surface area contributed by atoms with E-state index in [1.165, 1.54) is 0 Å². The highest BCUT2D eigenvalue weighted by molar-refractivity contribution is 5.15. The van der Waals surface area contributed by atoms with Crippen molar-refractivity contribution in [1.82, 2.24) is 0 Å². The fourth-order valence-electron chi connectivity index (χ4n) is 2.42. The van der Waals surface area contributed by atoms with Crippen LogP contribution in [0.5, 0.6) is 0 Å². The van der Waals surface area contributed by atoms with E-state index in [0.29, 0.717) is 11.8 Å². The third-order valence-electron chi connectivity index (χ3n) is 3.34. The van der Waals surface area contributed by atoms with E-state index in [9.17, 15) is 10.5 Å². The maximum absolute atomic E-state index is 9.41. The molecule has 0 heterocycles. The first-order chi connectivity index (χ1) is 7.20. The molecule has 2 nitrogen and oxygen atoms in total. The zero-order chi connectivity index (χ0) is 13.0. The Morgan fingerprint density at radius 1 is 0.812 bits per heavy atom. The third-order valence-corrected chi connectivity index (χ3v) is 3.34. The predicted molar refractivity (Wildman–Crippen MR) is 66.4 cm³/mol. The van der Waals surface area contributed by atoms with Crippen LogP contribution in [0.2, 0.25) is 0 Å². The molecule has 16 heavy (non-hydrogen) atoms. The third kappa shape index (κ3) is 3.24. The topological polar surface area (TPSA) is 47.6 Å². The molecule has 0 saturated carbocycles. The summed E-state index contributed by atoms with van der Waals surface area (Å²) < 4.78 is 0. The molecule has 90 valence electrons. The van der Waals surface area contributed by atoms with Crippen molar-refractivity contribution in [2.24, 2.45) is 22.7 Å². The van der Waals surface area contributed by atoms with Crippen molar-refractivity contribution in [2.45, 2.75) is 54.4 Å². The van der Waals surface area contributed by atoms with Gasteiger partial charge in [0, 0.05) is 0 Å². The van der Waals surface area contributed by atoms with Crippen molar-refractivity contribution in [3.63, 3.8) is 0 Å².